The third-order valence-electron chi connectivity index (χ3n) is 5.64. The van der Waals surface area contributed by atoms with Crippen molar-refractivity contribution in [1.29, 1.82) is 0 Å². The molecule has 1 fully saturated rings. The van der Waals surface area contributed by atoms with Crippen LogP contribution in [0.15, 0.2) is 72.8 Å². The Hall–Kier alpha value is -4.07. The Labute approximate surface area is 194 Å². The molecule has 34 heavy (non-hydrogen) atoms. The van der Waals surface area contributed by atoms with Gasteiger partial charge in [0.1, 0.15) is 18.0 Å². The quantitative estimate of drug-likeness (QED) is 0.406. The van der Waals surface area contributed by atoms with Gasteiger partial charge in [0, 0.05) is 17.5 Å². The number of likely N-dealkylation sites (tertiary alicyclic amines) is 1. The topological polar surface area (TPSA) is 72.9 Å². The predicted octanol–water partition coefficient (Wildman–Crippen LogP) is 4.03. The molecule has 2 atom stereocenters. The molecule has 0 N–H and O–H groups in total. The van der Waals surface area contributed by atoms with E-state index in [0.29, 0.717) is 0 Å². The number of hydrogen-bond acceptors (Lipinski definition) is 5. The largest absolute Gasteiger partial charge is 0.485 e. The van der Waals surface area contributed by atoms with Crippen molar-refractivity contribution >= 4 is 17.7 Å². The first-order chi connectivity index (χ1) is 16.4. The van der Waals surface area contributed by atoms with Crippen LogP contribution < -0.4 is 4.74 Å². The lowest BCUT2D eigenvalue weighted by Gasteiger charge is -2.23. The number of carbonyl (C=O) groups excluding carboxylic acids is 3. The Morgan fingerprint density at radius 3 is 2.21 bits per heavy atom. The molecule has 3 aromatic carbocycles. The highest BCUT2D eigenvalue weighted by molar-refractivity contribution is 6.15. The van der Waals surface area contributed by atoms with Crippen molar-refractivity contribution in [2.24, 2.45) is 0 Å². The van der Waals surface area contributed by atoms with E-state index in [-0.39, 0.29) is 35.4 Å². The summed E-state index contributed by atoms with van der Waals surface area (Å²) in [5.41, 5.74) is 0.409. The molecule has 2 unspecified atom stereocenters. The summed E-state index contributed by atoms with van der Waals surface area (Å²) in [5.74, 6) is -2.71. The molecule has 0 bridgehead atoms. The molecule has 174 valence electrons. The number of amides is 1. The van der Waals surface area contributed by atoms with E-state index in [0.717, 1.165) is 12.1 Å². The molecule has 0 saturated carbocycles. The van der Waals surface area contributed by atoms with Crippen molar-refractivity contribution in [3.8, 4) is 5.75 Å². The average molecular weight is 465 g/mol. The molecule has 1 heterocycles. The molecule has 3 aromatic rings. The van der Waals surface area contributed by atoms with Crippen LogP contribution in [0, 0.1) is 11.6 Å². The number of para-hydroxylation sites is 1. The van der Waals surface area contributed by atoms with Crippen molar-refractivity contribution < 1.29 is 32.6 Å². The maximum atomic E-state index is 14.1. The van der Waals surface area contributed by atoms with Crippen LogP contribution >= 0.6 is 0 Å². The third-order valence-corrected chi connectivity index (χ3v) is 5.64. The van der Waals surface area contributed by atoms with Crippen molar-refractivity contribution in [3.05, 3.63) is 101 Å². The van der Waals surface area contributed by atoms with Crippen LogP contribution in [0.5, 0.6) is 5.75 Å². The van der Waals surface area contributed by atoms with Crippen molar-refractivity contribution in [3.63, 3.8) is 0 Å². The number of methoxy groups -OCH3 is 1. The summed E-state index contributed by atoms with van der Waals surface area (Å²) in [7, 11) is 1.21. The number of rotatable bonds is 6. The number of benzene rings is 3. The predicted molar refractivity (Wildman–Crippen MR) is 119 cm³/mol. The van der Waals surface area contributed by atoms with E-state index in [1.54, 1.807) is 18.2 Å². The smallest absolute Gasteiger partial charge is 0.328 e. The van der Waals surface area contributed by atoms with Crippen LogP contribution in [0.4, 0.5) is 8.78 Å². The van der Waals surface area contributed by atoms with Gasteiger partial charge in [-0.15, -0.1) is 0 Å². The van der Waals surface area contributed by atoms with Crippen LogP contribution in [0.25, 0.3) is 0 Å². The molecule has 8 heteroatoms. The molecule has 0 spiro atoms. The average Bonchev–Trinajstić information content (AvgIpc) is 3.28. The summed E-state index contributed by atoms with van der Waals surface area (Å²) >= 11 is 0. The molecule has 0 aliphatic carbocycles. The van der Waals surface area contributed by atoms with Gasteiger partial charge in [0.25, 0.3) is 5.91 Å². The summed E-state index contributed by atoms with van der Waals surface area (Å²) in [4.78, 5) is 40.3. The van der Waals surface area contributed by atoms with Gasteiger partial charge >= 0.3 is 5.97 Å². The fraction of sp³-hybridized carbons (Fsp3) is 0.192. The van der Waals surface area contributed by atoms with Crippen LogP contribution in [0.1, 0.15) is 32.7 Å². The lowest BCUT2D eigenvalue weighted by atomic mass is 9.97. The Morgan fingerprint density at radius 2 is 1.53 bits per heavy atom. The van der Waals surface area contributed by atoms with Crippen molar-refractivity contribution in [1.82, 2.24) is 4.90 Å². The van der Waals surface area contributed by atoms with E-state index in [9.17, 15) is 23.2 Å². The number of esters is 1. The monoisotopic (exact) mass is 465 g/mol. The first kappa shape index (κ1) is 23.1. The second-order valence-electron chi connectivity index (χ2n) is 7.78. The molecule has 1 aliphatic heterocycles. The number of hydrogen-bond donors (Lipinski definition) is 0. The minimum atomic E-state index is -0.969. The molecule has 1 amide bonds. The summed E-state index contributed by atoms with van der Waals surface area (Å²) < 4.78 is 37.9. The Kier molecular flexibility index (Phi) is 6.67. The molecule has 0 aromatic heterocycles. The van der Waals surface area contributed by atoms with Gasteiger partial charge in [0.15, 0.2) is 17.3 Å². The number of halogens is 2. The molecule has 6 nitrogen and oxygen atoms in total. The minimum absolute atomic E-state index is 0.00793. The van der Waals surface area contributed by atoms with E-state index in [1.165, 1.54) is 54.5 Å². The van der Waals surface area contributed by atoms with Gasteiger partial charge in [-0.3, -0.25) is 9.59 Å². The molecule has 0 radical (unpaired) electrons. The van der Waals surface area contributed by atoms with Gasteiger partial charge in [-0.05, 0) is 42.5 Å². The molecular formula is C26H21F2NO5. The van der Waals surface area contributed by atoms with Gasteiger partial charge in [0.2, 0.25) is 0 Å². The number of nitrogens with zero attached hydrogens (tertiary/aromatic N) is 1. The molecular weight excluding hydrogens is 444 g/mol. The first-order valence-corrected chi connectivity index (χ1v) is 10.6. The molecule has 1 aliphatic rings. The van der Waals surface area contributed by atoms with Crippen LogP contribution in [0.3, 0.4) is 0 Å². The maximum Gasteiger partial charge on any atom is 0.328 e. The zero-order chi connectivity index (χ0) is 24.2. The maximum absolute atomic E-state index is 14.1. The highest BCUT2D eigenvalue weighted by Crippen LogP contribution is 2.28. The van der Waals surface area contributed by atoms with E-state index in [2.05, 4.69) is 0 Å². The van der Waals surface area contributed by atoms with Crippen molar-refractivity contribution in [2.45, 2.75) is 18.6 Å². The summed E-state index contributed by atoms with van der Waals surface area (Å²) in [6.45, 7) is -0.00793. The Bertz CT molecular complexity index is 1230. The van der Waals surface area contributed by atoms with Gasteiger partial charge in [-0.1, -0.05) is 30.3 Å². The summed E-state index contributed by atoms with van der Waals surface area (Å²) in [6.07, 6.45) is -0.564. The van der Waals surface area contributed by atoms with Crippen LogP contribution in [-0.4, -0.2) is 48.4 Å². The zero-order valence-electron chi connectivity index (χ0n) is 18.2. The number of carbonyl (C=O) groups is 3. The standard InChI is InChI=1S/C26H21F2NO5/c1-33-26(32)22-14-18(34-23-9-5-4-8-21(23)28)15-29(22)25(31)20-7-3-2-6-19(20)24(30)16-10-12-17(27)13-11-16/h2-13,18,22H,14-15H2,1H3. The van der Waals surface area contributed by atoms with Gasteiger partial charge in [0.05, 0.1) is 19.2 Å². The summed E-state index contributed by atoms with van der Waals surface area (Å²) in [6, 6.07) is 16.1. The van der Waals surface area contributed by atoms with E-state index in [4.69, 9.17) is 9.47 Å². The van der Waals surface area contributed by atoms with Gasteiger partial charge in [-0.2, -0.15) is 0 Å². The lowest BCUT2D eigenvalue weighted by Crippen LogP contribution is -2.41. The van der Waals surface area contributed by atoms with Crippen LogP contribution in [-0.2, 0) is 9.53 Å². The van der Waals surface area contributed by atoms with Gasteiger partial charge in [-0.25, -0.2) is 13.6 Å². The number of ketones is 1. The van der Waals surface area contributed by atoms with Gasteiger partial charge < -0.3 is 14.4 Å². The van der Waals surface area contributed by atoms with Crippen molar-refractivity contribution in [2.75, 3.05) is 13.7 Å². The molecule has 4 rings (SSSR count). The third kappa shape index (κ3) is 4.66. The van der Waals surface area contributed by atoms with Crippen LogP contribution in [0.2, 0.25) is 0 Å². The number of ether oxygens (including phenoxy) is 2. The lowest BCUT2D eigenvalue weighted by molar-refractivity contribution is -0.145. The SMILES string of the molecule is COC(=O)C1CC(Oc2ccccc2F)CN1C(=O)c1ccccc1C(=O)c1ccc(F)cc1. The van der Waals surface area contributed by atoms with E-state index >= 15 is 0 Å². The second-order valence-corrected chi connectivity index (χ2v) is 7.78. The first-order valence-electron chi connectivity index (χ1n) is 10.6. The fourth-order valence-corrected chi connectivity index (χ4v) is 3.97. The second kappa shape index (κ2) is 9.82. The summed E-state index contributed by atoms with van der Waals surface area (Å²) in [5, 5.41) is 0. The Balaban J connectivity index is 1.63. The Morgan fingerprint density at radius 1 is 0.882 bits per heavy atom. The normalized spacial score (nSPS) is 17.3. The molecule has 1 saturated heterocycles. The highest BCUT2D eigenvalue weighted by atomic mass is 19.1. The van der Waals surface area contributed by atoms with E-state index < -0.39 is 41.4 Å². The minimum Gasteiger partial charge on any atom is -0.485 e. The van der Waals surface area contributed by atoms with E-state index in [1.807, 2.05) is 0 Å². The fourth-order valence-electron chi connectivity index (χ4n) is 3.97. The zero-order valence-corrected chi connectivity index (χ0v) is 18.2. The highest BCUT2D eigenvalue weighted by Gasteiger charge is 2.42.